The van der Waals surface area contributed by atoms with E-state index in [1.54, 1.807) is 18.5 Å². The molecule has 1 aliphatic rings. The predicted octanol–water partition coefficient (Wildman–Crippen LogP) is 3.33. The zero-order chi connectivity index (χ0) is 13.7. The average Bonchev–Trinajstić information content (AvgIpc) is 2.45. The molecule has 3 N–H and O–H groups in total. The summed E-state index contributed by atoms with van der Waals surface area (Å²) in [5, 5.41) is 3.06. The van der Waals surface area contributed by atoms with Crippen molar-refractivity contribution in [2.24, 2.45) is 11.7 Å². The van der Waals surface area contributed by atoms with Gasteiger partial charge in [-0.05, 0) is 40.8 Å². The molecule has 2 rings (SSSR count). The lowest BCUT2D eigenvalue weighted by molar-refractivity contribution is 0.0915. The van der Waals surface area contributed by atoms with Crippen molar-refractivity contribution in [3.8, 4) is 0 Å². The number of nitrogens with one attached hydrogen (secondary N) is 1. The Balaban J connectivity index is 0.00000200. The van der Waals surface area contributed by atoms with Gasteiger partial charge in [0.25, 0.3) is 5.91 Å². The highest BCUT2D eigenvalue weighted by atomic mass is 79.9. The first-order chi connectivity index (χ1) is 9.20. The molecule has 1 saturated carbocycles. The van der Waals surface area contributed by atoms with Crippen LogP contribution in [-0.4, -0.2) is 23.5 Å². The molecule has 1 aromatic heterocycles. The number of rotatable bonds is 4. The normalized spacial score (nSPS) is 16.3. The monoisotopic (exact) mass is 397 g/mol. The number of hydrogen-bond donors (Lipinski definition) is 2. The van der Waals surface area contributed by atoms with E-state index in [1.165, 1.54) is 32.1 Å². The van der Waals surface area contributed by atoms with Gasteiger partial charge < -0.3 is 11.1 Å². The van der Waals surface area contributed by atoms with E-state index >= 15 is 0 Å². The number of nitrogens with zero attached hydrogens (tertiary/aromatic N) is 1. The molecule has 0 radical (unpaired) electrons. The zero-order valence-electron chi connectivity index (χ0n) is 11.8. The van der Waals surface area contributed by atoms with Crippen LogP contribution in [0.2, 0.25) is 0 Å². The second-order valence-electron chi connectivity index (χ2n) is 5.11. The van der Waals surface area contributed by atoms with Gasteiger partial charge in [0.15, 0.2) is 0 Å². The zero-order valence-corrected chi connectivity index (χ0v) is 15.0. The number of carbonyl (C=O) groups excluding carboxylic acids is 1. The minimum absolute atomic E-state index is 0. The van der Waals surface area contributed by atoms with Gasteiger partial charge >= 0.3 is 0 Å². The summed E-state index contributed by atoms with van der Waals surface area (Å²) in [5.74, 6) is 0.428. The van der Waals surface area contributed by atoms with Crippen molar-refractivity contribution in [2.45, 2.75) is 38.1 Å². The number of hydrogen-bond acceptors (Lipinski definition) is 3. The summed E-state index contributed by atoms with van der Waals surface area (Å²) in [6.45, 7) is 0.498. The van der Waals surface area contributed by atoms with Crippen LogP contribution in [0, 0.1) is 5.92 Å². The van der Waals surface area contributed by atoms with Gasteiger partial charge in [0.2, 0.25) is 0 Å². The minimum atomic E-state index is -0.0881. The lowest BCUT2D eigenvalue weighted by Crippen LogP contribution is -2.45. The Morgan fingerprint density at radius 1 is 1.33 bits per heavy atom. The molecule has 1 aliphatic carbocycles. The topological polar surface area (TPSA) is 68.0 Å². The first-order valence-corrected chi connectivity index (χ1v) is 7.61. The van der Waals surface area contributed by atoms with Crippen molar-refractivity contribution in [1.29, 1.82) is 0 Å². The van der Waals surface area contributed by atoms with Crippen LogP contribution in [0.5, 0.6) is 0 Å². The number of halogens is 3. The molecular weight excluding hydrogens is 377 g/mol. The molecule has 0 bridgehead atoms. The van der Waals surface area contributed by atoms with Crippen molar-refractivity contribution >= 4 is 46.7 Å². The van der Waals surface area contributed by atoms with Gasteiger partial charge in [0, 0.05) is 29.5 Å². The molecule has 7 heteroatoms. The highest BCUT2D eigenvalue weighted by Crippen LogP contribution is 2.26. The molecule has 1 unspecified atom stereocenters. The fourth-order valence-electron chi connectivity index (χ4n) is 2.69. The maximum atomic E-state index is 12.2. The summed E-state index contributed by atoms with van der Waals surface area (Å²) in [5.41, 5.74) is 6.39. The summed E-state index contributed by atoms with van der Waals surface area (Å²) < 4.78 is 0.808. The van der Waals surface area contributed by atoms with E-state index in [1.807, 2.05) is 0 Å². The smallest absolute Gasteiger partial charge is 0.253 e. The third-order valence-corrected chi connectivity index (χ3v) is 4.19. The van der Waals surface area contributed by atoms with Gasteiger partial charge in [-0.3, -0.25) is 9.78 Å². The van der Waals surface area contributed by atoms with Gasteiger partial charge in [-0.2, -0.15) is 0 Å². The number of amides is 1. The third kappa shape index (κ3) is 6.10. The van der Waals surface area contributed by atoms with Crippen LogP contribution in [0.25, 0.3) is 0 Å². The molecule has 1 atom stereocenters. The summed E-state index contributed by atoms with van der Waals surface area (Å²) >= 11 is 3.32. The van der Waals surface area contributed by atoms with Crippen LogP contribution in [-0.2, 0) is 0 Å². The van der Waals surface area contributed by atoms with Crippen molar-refractivity contribution < 1.29 is 4.79 Å². The van der Waals surface area contributed by atoms with E-state index < -0.39 is 0 Å². The molecule has 4 nitrogen and oxygen atoms in total. The van der Waals surface area contributed by atoms with Crippen LogP contribution in [0.1, 0.15) is 42.5 Å². The van der Waals surface area contributed by atoms with Crippen molar-refractivity contribution in [3.63, 3.8) is 0 Å². The standard InChI is InChI=1S/C14H20BrN3O.2ClH/c15-12-6-11(8-17-9-12)14(19)18-13(7-16)10-4-2-1-3-5-10;;/h6,8-10,13H,1-5,7,16H2,(H,18,19);2*1H. The van der Waals surface area contributed by atoms with Gasteiger partial charge in [-0.25, -0.2) is 0 Å². The molecular formula is C14H22BrCl2N3O. The van der Waals surface area contributed by atoms with E-state index in [-0.39, 0.29) is 36.8 Å². The molecule has 120 valence electrons. The molecule has 1 aromatic rings. The molecule has 1 heterocycles. The Hall–Kier alpha value is -0.360. The number of aromatic nitrogens is 1. The second-order valence-corrected chi connectivity index (χ2v) is 6.02. The largest absolute Gasteiger partial charge is 0.348 e. The Bertz CT molecular complexity index is 442. The van der Waals surface area contributed by atoms with Crippen LogP contribution >= 0.6 is 40.7 Å². The summed E-state index contributed by atoms with van der Waals surface area (Å²) in [6, 6.07) is 1.85. The highest BCUT2D eigenvalue weighted by Gasteiger charge is 2.24. The lowest BCUT2D eigenvalue weighted by atomic mass is 9.84. The van der Waals surface area contributed by atoms with E-state index in [0.717, 1.165) is 4.47 Å². The lowest BCUT2D eigenvalue weighted by Gasteiger charge is -2.30. The van der Waals surface area contributed by atoms with E-state index in [4.69, 9.17) is 5.73 Å². The number of pyridine rings is 1. The van der Waals surface area contributed by atoms with Gasteiger partial charge in [0.05, 0.1) is 5.56 Å². The van der Waals surface area contributed by atoms with Crippen molar-refractivity contribution in [2.75, 3.05) is 6.54 Å². The van der Waals surface area contributed by atoms with Crippen LogP contribution in [0.3, 0.4) is 0 Å². The molecule has 21 heavy (non-hydrogen) atoms. The Morgan fingerprint density at radius 3 is 2.57 bits per heavy atom. The predicted molar refractivity (Wildman–Crippen MR) is 93.3 cm³/mol. The van der Waals surface area contributed by atoms with Crippen molar-refractivity contribution in [1.82, 2.24) is 10.3 Å². The van der Waals surface area contributed by atoms with Crippen LogP contribution < -0.4 is 11.1 Å². The molecule has 0 aliphatic heterocycles. The highest BCUT2D eigenvalue weighted by molar-refractivity contribution is 9.10. The molecule has 0 aromatic carbocycles. The summed E-state index contributed by atoms with van der Waals surface area (Å²) in [7, 11) is 0. The Kier molecular flexibility index (Phi) is 10.2. The fourth-order valence-corrected chi connectivity index (χ4v) is 3.06. The quantitative estimate of drug-likeness (QED) is 0.817. The van der Waals surface area contributed by atoms with Gasteiger partial charge in [-0.15, -0.1) is 24.8 Å². The number of nitrogens with two attached hydrogens (primary N) is 1. The molecule has 0 spiro atoms. The van der Waals surface area contributed by atoms with E-state index in [9.17, 15) is 4.79 Å². The first kappa shape index (κ1) is 20.6. The number of carbonyl (C=O) groups is 1. The van der Waals surface area contributed by atoms with Crippen molar-refractivity contribution in [3.05, 3.63) is 28.5 Å². The molecule has 1 fully saturated rings. The second kappa shape index (κ2) is 10.4. The van der Waals surface area contributed by atoms with Gasteiger partial charge in [0.1, 0.15) is 0 Å². The maximum Gasteiger partial charge on any atom is 0.253 e. The van der Waals surface area contributed by atoms with Crippen LogP contribution in [0.15, 0.2) is 22.9 Å². The molecule has 1 amide bonds. The maximum absolute atomic E-state index is 12.2. The summed E-state index contributed by atoms with van der Waals surface area (Å²) in [4.78, 5) is 16.2. The first-order valence-electron chi connectivity index (χ1n) is 6.82. The summed E-state index contributed by atoms with van der Waals surface area (Å²) in [6.07, 6.45) is 9.37. The van der Waals surface area contributed by atoms with Gasteiger partial charge in [-0.1, -0.05) is 19.3 Å². The van der Waals surface area contributed by atoms with E-state index in [0.29, 0.717) is 18.0 Å². The SMILES string of the molecule is Cl.Cl.NCC(NC(=O)c1cncc(Br)c1)C1CCCCC1. The van der Waals surface area contributed by atoms with Crippen LogP contribution in [0.4, 0.5) is 0 Å². The average molecular weight is 399 g/mol. The minimum Gasteiger partial charge on any atom is -0.348 e. The van der Waals surface area contributed by atoms with E-state index in [2.05, 4.69) is 26.2 Å². The Morgan fingerprint density at radius 2 is 2.00 bits per heavy atom. The third-order valence-electron chi connectivity index (χ3n) is 3.76. The Labute approximate surface area is 146 Å². The fraction of sp³-hybridized carbons (Fsp3) is 0.571. The molecule has 0 saturated heterocycles.